The van der Waals surface area contributed by atoms with Gasteiger partial charge in [-0.05, 0) is 46.6 Å². The largest absolute Gasteiger partial charge is 0.378 e. The fraction of sp³-hybridized carbons (Fsp3) is 1.00. The Balaban J connectivity index is 1.41. The van der Waals surface area contributed by atoms with Gasteiger partial charge in [0.25, 0.3) is 0 Å². The van der Waals surface area contributed by atoms with Gasteiger partial charge in [0.2, 0.25) is 0 Å². The first-order valence-electron chi connectivity index (χ1n) is 9.11. The van der Waals surface area contributed by atoms with Crippen LogP contribution in [0, 0.1) is 0 Å². The Kier molecular flexibility index (Phi) is 9.18. The van der Waals surface area contributed by atoms with Gasteiger partial charge in [-0.1, -0.05) is 0 Å². The Labute approximate surface area is 160 Å². The highest BCUT2D eigenvalue weighted by molar-refractivity contribution is 14.1. The van der Waals surface area contributed by atoms with Crippen LogP contribution in [-0.4, -0.2) is 83.7 Å². The molecular formula is C17H33IN2O4. The lowest BCUT2D eigenvalue weighted by molar-refractivity contribution is -0.120. The minimum Gasteiger partial charge on any atom is -0.378 e. The highest BCUT2D eigenvalue weighted by Crippen LogP contribution is 2.27. The van der Waals surface area contributed by atoms with Crippen molar-refractivity contribution >= 4 is 22.9 Å². The Bertz CT molecular complexity index is 349. The van der Waals surface area contributed by atoms with Gasteiger partial charge in [-0.3, -0.25) is 4.90 Å². The van der Waals surface area contributed by atoms with Crippen LogP contribution in [0.1, 0.15) is 39.5 Å². The second kappa shape index (κ2) is 10.6. The quantitative estimate of drug-likeness (QED) is 0.210. The van der Waals surface area contributed by atoms with Gasteiger partial charge in [0.15, 0.2) is 0 Å². The number of ether oxygens (including phenoxy) is 3. The van der Waals surface area contributed by atoms with Crippen molar-refractivity contribution < 1.29 is 19.3 Å². The van der Waals surface area contributed by atoms with Crippen LogP contribution in [0.25, 0.3) is 0 Å². The van der Waals surface area contributed by atoms with Crippen LogP contribution in [0.15, 0.2) is 0 Å². The van der Waals surface area contributed by atoms with E-state index in [1.54, 1.807) is 0 Å². The summed E-state index contributed by atoms with van der Waals surface area (Å²) in [6.07, 6.45) is 4.60. The van der Waals surface area contributed by atoms with Crippen LogP contribution in [0.2, 0.25) is 0 Å². The molecule has 0 aromatic heterocycles. The lowest BCUT2D eigenvalue weighted by atomic mass is 9.92. The van der Waals surface area contributed by atoms with E-state index in [4.69, 9.17) is 14.2 Å². The van der Waals surface area contributed by atoms with E-state index >= 15 is 0 Å². The zero-order valence-electron chi connectivity index (χ0n) is 15.2. The summed E-state index contributed by atoms with van der Waals surface area (Å²) in [4.78, 5) is 1.95. The maximum atomic E-state index is 10.2. The molecule has 1 heterocycles. The Morgan fingerprint density at radius 2 is 1.79 bits per heavy atom. The molecule has 0 aromatic carbocycles. The van der Waals surface area contributed by atoms with Crippen LogP contribution >= 0.6 is 22.9 Å². The molecule has 1 N–H and O–H groups in total. The monoisotopic (exact) mass is 456 g/mol. The molecule has 1 aliphatic carbocycles. The molecule has 0 amide bonds. The minimum absolute atomic E-state index is 0.301. The van der Waals surface area contributed by atoms with E-state index in [0.717, 1.165) is 45.3 Å². The van der Waals surface area contributed by atoms with E-state index in [9.17, 15) is 5.11 Å². The van der Waals surface area contributed by atoms with E-state index < -0.39 is 6.23 Å². The lowest BCUT2D eigenvalue weighted by Gasteiger charge is -2.36. The van der Waals surface area contributed by atoms with Crippen LogP contribution < -0.4 is 0 Å². The minimum atomic E-state index is -0.418. The van der Waals surface area contributed by atoms with Crippen LogP contribution in [-0.2, 0) is 14.2 Å². The van der Waals surface area contributed by atoms with E-state index in [1.165, 1.54) is 0 Å². The highest BCUT2D eigenvalue weighted by Gasteiger charge is 2.31. The standard InChI is InChI=1S/C17H33IN2O4/c1-13(2)24-15-9-14(10-15)22-7-4-5-17(21)19(3)6-8-23-16-11-20(18)12-16/h13-17,21H,4-12H2,1-3H3. The Morgan fingerprint density at radius 1 is 1.12 bits per heavy atom. The van der Waals surface area contributed by atoms with Gasteiger partial charge in [0.1, 0.15) is 6.23 Å². The molecule has 2 rings (SSSR count). The average molecular weight is 456 g/mol. The molecule has 6 nitrogen and oxygen atoms in total. The van der Waals surface area contributed by atoms with Crippen molar-refractivity contribution in [2.24, 2.45) is 0 Å². The molecule has 1 unspecified atom stereocenters. The van der Waals surface area contributed by atoms with Gasteiger partial charge in [0, 0.05) is 49.1 Å². The Morgan fingerprint density at radius 3 is 2.42 bits per heavy atom. The summed E-state index contributed by atoms with van der Waals surface area (Å²) in [6.45, 7) is 8.31. The zero-order chi connectivity index (χ0) is 17.5. The normalized spacial score (nSPS) is 26.6. The number of halogens is 1. The summed E-state index contributed by atoms with van der Waals surface area (Å²) >= 11 is 2.30. The fourth-order valence-electron chi connectivity index (χ4n) is 2.89. The predicted molar refractivity (Wildman–Crippen MR) is 102 cm³/mol. The van der Waals surface area contributed by atoms with Gasteiger partial charge in [-0.2, -0.15) is 0 Å². The molecule has 2 aliphatic rings. The van der Waals surface area contributed by atoms with Crippen molar-refractivity contribution in [1.29, 1.82) is 0 Å². The number of likely N-dealkylation sites (N-methyl/N-ethyl adjacent to an activating group) is 1. The van der Waals surface area contributed by atoms with Gasteiger partial charge in [0.05, 0.1) is 31.0 Å². The predicted octanol–water partition coefficient (Wildman–Crippen LogP) is 2.04. The summed E-state index contributed by atoms with van der Waals surface area (Å²) in [5, 5.41) is 10.2. The first-order valence-corrected chi connectivity index (χ1v) is 10.1. The average Bonchev–Trinajstić information content (AvgIpc) is 2.45. The van der Waals surface area contributed by atoms with Crippen LogP contribution in [0.3, 0.4) is 0 Å². The second-order valence-electron chi connectivity index (χ2n) is 7.20. The third-order valence-corrected chi connectivity index (χ3v) is 5.37. The van der Waals surface area contributed by atoms with Crippen molar-refractivity contribution in [3.05, 3.63) is 0 Å². The molecule has 142 valence electrons. The molecule has 7 heteroatoms. The molecule has 1 saturated carbocycles. The van der Waals surface area contributed by atoms with E-state index in [-0.39, 0.29) is 0 Å². The number of hydrogen-bond acceptors (Lipinski definition) is 6. The third-order valence-electron chi connectivity index (χ3n) is 4.59. The number of aliphatic hydroxyl groups excluding tert-OH is 1. The number of rotatable bonds is 12. The van der Waals surface area contributed by atoms with Gasteiger partial charge >= 0.3 is 0 Å². The maximum Gasteiger partial charge on any atom is 0.107 e. The van der Waals surface area contributed by atoms with Crippen molar-refractivity contribution in [3.63, 3.8) is 0 Å². The number of nitrogens with zero attached hydrogens (tertiary/aromatic N) is 2. The molecule has 1 atom stereocenters. The smallest absolute Gasteiger partial charge is 0.107 e. The lowest BCUT2D eigenvalue weighted by Crippen LogP contribution is -2.47. The fourth-order valence-corrected chi connectivity index (χ4v) is 3.77. The Hall–Kier alpha value is 0.490. The van der Waals surface area contributed by atoms with Gasteiger partial charge in [-0.15, -0.1) is 0 Å². The molecule has 24 heavy (non-hydrogen) atoms. The van der Waals surface area contributed by atoms with Crippen LogP contribution in [0.5, 0.6) is 0 Å². The topological polar surface area (TPSA) is 54.4 Å². The summed E-state index contributed by atoms with van der Waals surface area (Å²) < 4.78 is 19.5. The number of hydrogen-bond donors (Lipinski definition) is 1. The zero-order valence-corrected chi connectivity index (χ0v) is 17.4. The first kappa shape index (κ1) is 20.8. The molecule has 1 aliphatic heterocycles. The van der Waals surface area contributed by atoms with Crippen molar-refractivity contribution in [2.75, 3.05) is 39.9 Å². The molecule has 0 aromatic rings. The molecule has 0 bridgehead atoms. The van der Waals surface area contributed by atoms with Gasteiger partial charge in [-0.25, -0.2) is 3.11 Å². The summed E-state index contributed by atoms with van der Waals surface area (Å²) in [5.41, 5.74) is 0. The van der Waals surface area contributed by atoms with E-state index in [1.807, 2.05) is 11.9 Å². The first-order chi connectivity index (χ1) is 11.4. The molecular weight excluding hydrogens is 423 g/mol. The number of aliphatic hydroxyl groups is 1. The van der Waals surface area contributed by atoms with Crippen molar-refractivity contribution in [3.8, 4) is 0 Å². The van der Waals surface area contributed by atoms with Gasteiger partial charge < -0.3 is 19.3 Å². The van der Waals surface area contributed by atoms with Crippen LogP contribution in [0.4, 0.5) is 0 Å². The van der Waals surface area contributed by atoms with Crippen molar-refractivity contribution in [1.82, 2.24) is 8.01 Å². The van der Waals surface area contributed by atoms with E-state index in [2.05, 4.69) is 39.8 Å². The summed E-state index contributed by atoms with van der Waals surface area (Å²) in [7, 11) is 1.94. The third kappa shape index (κ3) is 7.39. The molecule has 2 fully saturated rings. The SMILES string of the molecule is CC(C)OC1CC(OCCCC(O)N(C)CCOC2CN(I)C2)C1. The molecule has 1 saturated heterocycles. The molecule has 0 radical (unpaired) electrons. The second-order valence-corrected chi connectivity index (χ2v) is 8.56. The summed E-state index contributed by atoms with van der Waals surface area (Å²) in [5.74, 6) is 0. The summed E-state index contributed by atoms with van der Waals surface area (Å²) in [6, 6.07) is 0. The molecule has 0 spiro atoms. The maximum absolute atomic E-state index is 10.2. The van der Waals surface area contributed by atoms with Crippen molar-refractivity contribution in [2.45, 2.75) is 70.2 Å². The highest BCUT2D eigenvalue weighted by atomic mass is 127. The van der Waals surface area contributed by atoms with E-state index in [0.29, 0.717) is 37.6 Å².